The van der Waals surface area contributed by atoms with Crippen molar-refractivity contribution in [2.24, 2.45) is 4.99 Å². The Morgan fingerprint density at radius 2 is 1.75 bits per heavy atom. The van der Waals surface area contributed by atoms with E-state index in [9.17, 15) is 0 Å². The van der Waals surface area contributed by atoms with Crippen LogP contribution < -0.4 is 5.48 Å². The molecule has 32 heavy (non-hydrogen) atoms. The number of hydrogen-bond donors (Lipinski definition) is 2. The van der Waals surface area contributed by atoms with Gasteiger partial charge in [0.1, 0.15) is 5.84 Å². The van der Waals surface area contributed by atoms with E-state index in [1.54, 1.807) is 0 Å². The lowest BCUT2D eigenvalue weighted by molar-refractivity contribution is 0.115. The van der Waals surface area contributed by atoms with Crippen LogP contribution in [0, 0.1) is 0 Å². The Bertz CT molecular complexity index is 1310. The number of hydrogen-bond acceptors (Lipinski definition) is 4. The van der Waals surface area contributed by atoms with Crippen molar-refractivity contribution in [1.29, 1.82) is 0 Å². The minimum atomic E-state index is 0.354. The fraction of sp³-hybridized carbons (Fsp3) is 0.111. The maximum absolute atomic E-state index is 5.03. The third kappa shape index (κ3) is 4.11. The second-order valence-corrected chi connectivity index (χ2v) is 7.62. The van der Waals surface area contributed by atoms with Crippen LogP contribution in [0.15, 0.2) is 90.1 Å². The smallest absolute Gasteiger partial charge is 0.167 e. The first-order valence-electron chi connectivity index (χ1n) is 10.7. The number of nitrogens with zero attached hydrogens (tertiary/aromatic N) is 2. The van der Waals surface area contributed by atoms with Gasteiger partial charge in [0.2, 0.25) is 0 Å². The Morgan fingerprint density at radius 3 is 2.50 bits per heavy atom. The lowest BCUT2D eigenvalue weighted by Gasteiger charge is -2.17. The second kappa shape index (κ2) is 9.04. The number of H-pyrrole nitrogens is 1. The fourth-order valence-electron chi connectivity index (χ4n) is 4.04. The van der Waals surface area contributed by atoms with E-state index < -0.39 is 0 Å². The molecule has 0 aliphatic carbocycles. The second-order valence-electron chi connectivity index (χ2n) is 7.62. The van der Waals surface area contributed by atoms with Gasteiger partial charge in [0.15, 0.2) is 6.73 Å². The molecule has 2 N–H and O–H groups in total. The Morgan fingerprint density at radius 1 is 0.938 bits per heavy atom. The van der Waals surface area contributed by atoms with Crippen LogP contribution in [0.4, 0.5) is 0 Å². The van der Waals surface area contributed by atoms with Crippen LogP contribution in [-0.4, -0.2) is 22.8 Å². The molecule has 5 nitrogen and oxygen atoms in total. The highest BCUT2D eigenvalue weighted by Crippen LogP contribution is 2.35. The number of hydroxylamine groups is 1. The maximum Gasteiger partial charge on any atom is 0.167 e. The highest BCUT2D eigenvalue weighted by Gasteiger charge is 2.14. The molecule has 5 heteroatoms. The molecule has 158 valence electrons. The van der Waals surface area contributed by atoms with E-state index in [0.717, 1.165) is 28.7 Å². The minimum absolute atomic E-state index is 0.354. The molecular formula is C27H24N4O. The summed E-state index contributed by atoms with van der Waals surface area (Å²) < 4.78 is 0. The molecule has 2 heterocycles. The van der Waals surface area contributed by atoms with Crippen molar-refractivity contribution < 1.29 is 4.84 Å². The maximum atomic E-state index is 5.03. The van der Waals surface area contributed by atoms with Gasteiger partial charge in [-0.3, -0.25) is 9.94 Å². The van der Waals surface area contributed by atoms with Crippen molar-refractivity contribution >= 4 is 34.0 Å². The molecule has 0 saturated carbocycles. The molecule has 0 spiro atoms. The van der Waals surface area contributed by atoms with E-state index in [2.05, 4.69) is 100 Å². The number of aromatic nitrogens is 2. The zero-order valence-electron chi connectivity index (χ0n) is 17.9. The Labute approximate surface area is 187 Å². The molecular weight excluding hydrogens is 396 g/mol. The van der Waals surface area contributed by atoms with Gasteiger partial charge in [-0.2, -0.15) is 5.10 Å². The molecule has 1 aliphatic heterocycles. The van der Waals surface area contributed by atoms with Gasteiger partial charge in [-0.1, -0.05) is 73.7 Å². The summed E-state index contributed by atoms with van der Waals surface area (Å²) in [6.07, 6.45) is 6.76. The summed E-state index contributed by atoms with van der Waals surface area (Å²) >= 11 is 0. The first-order valence-corrected chi connectivity index (χ1v) is 10.7. The van der Waals surface area contributed by atoms with E-state index >= 15 is 0 Å². The molecule has 1 aliphatic rings. The Kier molecular flexibility index (Phi) is 5.64. The number of benzene rings is 3. The molecule has 0 saturated heterocycles. The van der Waals surface area contributed by atoms with Gasteiger partial charge in [0, 0.05) is 5.39 Å². The Balaban J connectivity index is 1.60. The first-order chi connectivity index (χ1) is 15.8. The molecule has 0 radical (unpaired) electrons. The summed E-state index contributed by atoms with van der Waals surface area (Å²) in [5.74, 6) is 0.737. The number of aromatic amines is 1. The van der Waals surface area contributed by atoms with Gasteiger partial charge in [-0.25, -0.2) is 10.5 Å². The summed E-state index contributed by atoms with van der Waals surface area (Å²) in [5.41, 5.74) is 11.1. The third-order valence-corrected chi connectivity index (χ3v) is 5.62. The highest BCUT2D eigenvalue weighted by molar-refractivity contribution is 6.00. The standard InChI is InChI=1S/C27H24N4O/c1-2-24(20-6-4-3-5-7-20)27(22-13-14-25-23(16-22)17-29-30-25)21-11-8-19(9-12-21)10-15-26-28-18-32-31-26/h3-17H,2,18H2,1H3,(H,28,31)(H,29,30). The van der Waals surface area contributed by atoms with Crippen LogP contribution >= 0.6 is 0 Å². The first kappa shape index (κ1) is 20.0. The molecule has 0 unspecified atom stereocenters. The van der Waals surface area contributed by atoms with Gasteiger partial charge < -0.3 is 0 Å². The summed E-state index contributed by atoms with van der Waals surface area (Å²) in [7, 11) is 0. The van der Waals surface area contributed by atoms with E-state index in [0.29, 0.717) is 6.73 Å². The zero-order chi connectivity index (χ0) is 21.8. The predicted octanol–water partition coefficient (Wildman–Crippen LogP) is 5.84. The van der Waals surface area contributed by atoms with Crippen molar-refractivity contribution in [3.63, 3.8) is 0 Å². The van der Waals surface area contributed by atoms with Crippen molar-refractivity contribution in [1.82, 2.24) is 15.7 Å². The van der Waals surface area contributed by atoms with Gasteiger partial charge in [-0.05, 0) is 58.0 Å². The van der Waals surface area contributed by atoms with Crippen LogP contribution in [0.2, 0.25) is 0 Å². The predicted molar refractivity (Wildman–Crippen MR) is 131 cm³/mol. The summed E-state index contributed by atoms with van der Waals surface area (Å²) in [4.78, 5) is 9.24. The van der Waals surface area contributed by atoms with Gasteiger partial charge in [0.05, 0.1) is 11.7 Å². The normalized spacial score (nSPS) is 14.5. The average Bonchev–Trinajstić information content (AvgIpc) is 3.54. The van der Waals surface area contributed by atoms with Crippen molar-refractivity contribution in [2.75, 3.05) is 6.73 Å². The molecule has 4 aromatic rings. The molecule has 5 rings (SSSR count). The van der Waals surface area contributed by atoms with E-state index in [-0.39, 0.29) is 0 Å². The zero-order valence-corrected chi connectivity index (χ0v) is 17.9. The Hall–Kier alpha value is -3.96. The summed E-state index contributed by atoms with van der Waals surface area (Å²) in [6, 6.07) is 25.8. The van der Waals surface area contributed by atoms with Crippen molar-refractivity contribution in [3.8, 4) is 0 Å². The molecule has 0 atom stereocenters. The molecule has 0 amide bonds. The van der Waals surface area contributed by atoms with E-state index in [4.69, 9.17) is 4.84 Å². The molecule has 0 bridgehead atoms. The van der Waals surface area contributed by atoms with Crippen LogP contribution in [0.25, 0.3) is 28.1 Å². The summed E-state index contributed by atoms with van der Waals surface area (Å²) in [5, 5.41) is 8.34. The van der Waals surface area contributed by atoms with Gasteiger partial charge in [-0.15, -0.1) is 0 Å². The lowest BCUT2D eigenvalue weighted by atomic mass is 9.87. The lowest BCUT2D eigenvalue weighted by Crippen LogP contribution is -2.13. The average molecular weight is 421 g/mol. The third-order valence-electron chi connectivity index (χ3n) is 5.62. The van der Waals surface area contributed by atoms with Gasteiger partial charge in [0.25, 0.3) is 0 Å². The molecule has 1 aromatic heterocycles. The molecule has 3 aromatic carbocycles. The van der Waals surface area contributed by atoms with Gasteiger partial charge >= 0.3 is 0 Å². The number of rotatable bonds is 6. The van der Waals surface area contributed by atoms with Crippen LogP contribution in [0.5, 0.6) is 0 Å². The monoisotopic (exact) mass is 420 g/mol. The topological polar surface area (TPSA) is 62.3 Å². The van der Waals surface area contributed by atoms with E-state index in [1.807, 2.05) is 18.3 Å². The molecule has 0 fully saturated rings. The SMILES string of the molecule is CCC(=C(c1ccc(C=CC2=NCON2)cc1)c1ccc2[nH]ncc2c1)c1ccccc1. The minimum Gasteiger partial charge on any atom is -0.278 e. The number of fused-ring (bicyclic) bond motifs is 1. The largest absolute Gasteiger partial charge is 0.278 e. The number of allylic oxidation sites excluding steroid dienone is 1. The van der Waals surface area contributed by atoms with Crippen molar-refractivity contribution in [2.45, 2.75) is 13.3 Å². The quantitative estimate of drug-likeness (QED) is 0.386. The van der Waals surface area contributed by atoms with Crippen LogP contribution in [0.3, 0.4) is 0 Å². The van der Waals surface area contributed by atoms with E-state index in [1.165, 1.54) is 27.8 Å². The van der Waals surface area contributed by atoms with Crippen LogP contribution in [-0.2, 0) is 4.84 Å². The van der Waals surface area contributed by atoms with Crippen LogP contribution in [0.1, 0.15) is 35.6 Å². The number of aliphatic imine (C=N–C) groups is 1. The fourth-order valence-corrected chi connectivity index (χ4v) is 4.04. The van der Waals surface area contributed by atoms with Crippen molar-refractivity contribution in [3.05, 3.63) is 107 Å². The number of nitrogens with one attached hydrogen (secondary N) is 2. The number of amidine groups is 1. The highest BCUT2D eigenvalue weighted by atomic mass is 16.7. The summed E-state index contributed by atoms with van der Waals surface area (Å²) in [6.45, 7) is 2.57.